The Balaban J connectivity index is 0.000000391. The third-order valence-corrected chi connectivity index (χ3v) is 7.03. The highest BCUT2D eigenvalue weighted by molar-refractivity contribution is 6.62. The topological polar surface area (TPSA) is 82.9 Å². The maximum atomic E-state index is 6.18. The Bertz CT molecular complexity index is 1370. The van der Waals surface area contributed by atoms with Gasteiger partial charge in [0.15, 0.2) is 11.7 Å². The monoisotopic (exact) mass is 483 g/mol. The molecule has 2 aromatic heterocycles. The third-order valence-electron chi connectivity index (χ3n) is 7.03. The number of oxazole rings is 1. The van der Waals surface area contributed by atoms with Gasteiger partial charge in [0.1, 0.15) is 12.8 Å². The van der Waals surface area contributed by atoms with Gasteiger partial charge in [-0.3, -0.25) is 4.99 Å². The van der Waals surface area contributed by atoms with E-state index in [2.05, 4.69) is 74.2 Å². The molecule has 1 saturated heterocycles. The molecule has 184 valence electrons. The van der Waals surface area contributed by atoms with Crippen LogP contribution in [0.3, 0.4) is 0 Å². The molecule has 6 rings (SSSR count). The number of hydrogen-bond acceptors (Lipinski definition) is 7. The van der Waals surface area contributed by atoms with Crippen molar-refractivity contribution in [2.24, 2.45) is 4.99 Å². The van der Waals surface area contributed by atoms with Crippen LogP contribution in [0.5, 0.6) is 0 Å². The number of aromatic nitrogens is 2. The molecule has 4 aromatic rings. The zero-order valence-corrected chi connectivity index (χ0v) is 21.5. The molecule has 4 heterocycles. The predicted octanol–water partition coefficient (Wildman–Crippen LogP) is 5.28. The van der Waals surface area contributed by atoms with E-state index in [1.165, 1.54) is 0 Å². The molecule has 1 fully saturated rings. The quantitative estimate of drug-likeness (QED) is 0.361. The van der Waals surface area contributed by atoms with Crippen molar-refractivity contribution in [2.75, 3.05) is 0 Å². The Hall–Kier alpha value is -3.49. The number of fused-ring (bicyclic) bond motifs is 3. The molecule has 0 spiro atoms. The fourth-order valence-corrected chi connectivity index (χ4v) is 4.33. The number of benzene rings is 2. The second-order valence-electron chi connectivity index (χ2n) is 10.0. The molecular formula is C28H30BN3O4. The lowest BCUT2D eigenvalue weighted by molar-refractivity contribution is 0.00578. The molecule has 0 saturated carbocycles. The predicted molar refractivity (Wildman–Crippen MR) is 139 cm³/mol. The largest absolute Gasteiger partial charge is 0.494 e. The minimum absolute atomic E-state index is 0.355. The third kappa shape index (κ3) is 4.42. The van der Waals surface area contributed by atoms with Crippen molar-refractivity contribution in [3.8, 4) is 11.1 Å². The molecule has 0 radical (unpaired) electrons. The normalized spacial score (nSPS) is 17.4. The molecule has 2 aromatic carbocycles. The standard InChI is InChI=1S/C24H25BN2O3.C4H5NO/c1-15-21-18-8-6-7-9-19(18)22(26-14-20(21)28-27-15)16-10-12-17(13-11-16)25-29-23(2,3)24(4,5)30-25;1-4-5-2-3-6-4/h6-13H,14H2,1-5H3;2-3H,1H3. The summed E-state index contributed by atoms with van der Waals surface area (Å²) in [4.78, 5) is 8.63. The summed E-state index contributed by atoms with van der Waals surface area (Å²) in [6.45, 7) is 12.5. The van der Waals surface area contributed by atoms with Crippen LogP contribution >= 0.6 is 0 Å². The molecule has 2 aliphatic rings. The summed E-state index contributed by atoms with van der Waals surface area (Å²) in [5.41, 5.74) is 6.45. The average molecular weight is 483 g/mol. The van der Waals surface area contributed by atoms with E-state index in [0.29, 0.717) is 6.54 Å². The summed E-state index contributed by atoms with van der Waals surface area (Å²) >= 11 is 0. The number of hydrogen-bond donors (Lipinski definition) is 0. The zero-order valence-electron chi connectivity index (χ0n) is 21.5. The fourth-order valence-electron chi connectivity index (χ4n) is 4.33. The van der Waals surface area contributed by atoms with Gasteiger partial charge in [-0.2, -0.15) is 0 Å². The summed E-state index contributed by atoms with van der Waals surface area (Å²) in [5, 5.41) is 4.14. The molecule has 8 heteroatoms. The highest BCUT2D eigenvalue weighted by atomic mass is 16.7. The van der Waals surface area contributed by atoms with Gasteiger partial charge >= 0.3 is 7.12 Å². The van der Waals surface area contributed by atoms with Crippen LogP contribution in [0.25, 0.3) is 11.1 Å². The first-order valence-corrected chi connectivity index (χ1v) is 12.1. The van der Waals surface area contributed by atoms with Gasteiger partial charge < -0.3 is 18.2 Å². The Kier molecular flexibility index (Phi) is 6.18. The zero-order chi connectivity index (χ0) is 25.5. The second-order valence-corrected chi connectivity index (χ2v) is 10.0. The summed E-state index contributed by atoms with van der Waals surface area (Å²) in [7, 11) is -0.370. The van der Waals surface area contributed by atoms with Crippen molar-refractivity contribution in [2.45, 2.75) is 59.3 Å². The molecule has 36 heavy (non-hydrogen) atoms. The van der Waals surface area contributed by atoms with Crippen LogP contribution in [0.1, 0.15) is 56.2 Å². The Morgan fingerprint density at radius 2 is 1.53 bits per heavy atom. The van der Waals surface area contributed by atoms with Gasteiger partial charge in [-0.1, -0.05) is 53.7 Å². The highest BCUT2D eigenvalue weighted by Crippen LogP contribution is 2.37. The number of aryl methyl sites for hydroxylation is 2. The van der Waals surface area contributed by atoms with Crippen LogP contribution in [-0.2, 0) is 15.9 Å². The Morgan fingerprint density at radius 1 is 0.861 bits per heavy atom. The van der Waals surface area contributed by atoms with Crippen LogP contribution in [0.4, 0.5) is 0 Å². The molecule has 0 atom stereocenters. The summed E-state index contributed by atoms with van der Waals surface area (Å²) < 4.78 is 22.6. The van der Waals surface area contributed by atoms with Crippen molar-refractivity contribution >= 4 is 18.3 Å². The first-order valence-electron chi connectivity index (χ1n) is 12.1. The van der Waals surface area contributed by atoms with E-state index in [-0.39, 0.29) is 18.3 Å². The lowest BCUT2D eigenvalue weighted by Gasteiger charge is -2.32. The second kappa shape index (κ2) is 9.19. The molecule has 0 bridgehead atoms. The summed E-state index contributed by atoms with van der Waals surface area (Å²) in [6, 6.07) is 16.6. The first-order chi connectivity index (χ1) is 17.2. The number of nitrogens with zero attached hydrogens (tertiary/aromatic N) is 3. The van der Waals surface area contributed by atoms with Gasteiger partial charge in [0.05, 0.1) is 34.4 Å². The Morgan fingerprint density at radius 3 is 2.11 bits per heavy atom. The van der Waals surface area contributed by atoms with Crippen LogP contribution in [0.2, 0.25) is 0 Å². The van der Waals surface area contributed by atoms with Gasteiger partial charge in [-0.05, 0) is 45.6 Å². The van der Waals surface area contributed by atoms with Gasteiger partial charge in [0, 0.05) is 18.1 Å². The number of rotatable bonds is 2. The minimum Gasteiger partial charge on any atom is -0.449 e. The number of aliphatic imine (C=N–C) groups is 1. The van der Waals surface area contributed by atoms with Gasteiger partial charge in [0.25, 0.3) is 0 Å². The maximum Gasteiger partial charge on any atom is 0.494 e. The van der Waals surface area contributed by atoms with Crippen molar-refractivity contribution in [3.05, 3.63) is 89.5 Å². The summed E-state index contributed by atoms with van der Waals surface area (Å²) in [6.07, 6.45) is 3.17. The van der Waals surface area contributed by atoms with E-state index >= 15 is 0 Å². The van der Waals surface area contributed by atoms with Crippen molar-refractivity contribution < 1.29 is 18.2 Å². The fraction of sp³-hybridized carbons (Fsp3) is 0.321. The van der Waals surface area contributed by atoms with Gasteiger partial charge in [0.2, 0.25) is 0 Å². The maximum absolute atomic E-state index is 6.18. The van der Waals surface area contributed by atoms with Crippen molar-refractivity contribution in [1.82, 2.24) is 10.1 Å². The summed E-state index contributed by atoms with van der Waals surface area (Å²) in [5.74, 6) is 1.53. The smallest absolute Gasteiger partial charge is 0.449 e. The van der Waals surface area contributed by atoms with E-state index in [0.717, 1.165) is 50.8 Å². The molecular weight excluding hydrogens is 453 g/mol. The highest BCUT2D eigenvalue weighted by Gasteiger charge is 2.51. The van der Waals surface area contributed by atoms with Crippen LogP contribution < -0.4 is 5.46 Å². The van der Waals surface area contributed by atoms with Crippen LogP contribution in [0, 0.1) is 13.8 Å². The molecule has 0 unspecified atom stereocenters. The van der Waals surface area contributed by atoms with Gasteiger partial charge in [-0.15, -0.1) is 0 Å². The van der Waals surface area contributed by atoms with E-state index in [1.54, 1.807) is 19.4 Å². The minimum atomic E-state index is -0.370. The van der Waals surface area contributed by atoms with E-state index < -0.39 is 0 Å². The average Bonchev–Trinajstić information content (AvgIpc) is 3.49. The molecule has 7 nitrogen and oxygen atoms in total. The van der Waals surface area contributed by atoms with Crippen LogP contribution in [-0.4, -0.2) is 34.2 Å². The molecule has 0 amide bonds. The molecule has 2 aliphatic heterocycles. The molecule has 0 N–H and O–H groups in total. The van der Waals surface area contributed by atoms with E-state index in [1.807, 2.05) is 19.1 Å². The lowest BCUT2D eigenvalue weighted by Crippen LogP contribution is -2.41. The van der Waals surface area contributed by atoms with E-state index in [9.17, 15) is 0 Å². The lowest BCUT2D eigenvalue weighted by atomic mass is 9.78. The van der Waals surface area contributed by atoms with E-state index in [4.69, 9.17) is 23.2 Å². The molecule has 0 aliphatic carbocycles. The van der Waals surface area contributed by atoms with Crippen molar-refractivity contribution in [1.29, 1.82) is 0 Å². The van der Waals surface area contributed by atoms with Gasteiger partial charge in [-0.25, -0.2) is 4.98 Å². The first kappa shape index (κ1) is 24.2. The van der Waals surface area contributed by atoms with Crippen LogP contribution in [0.15, 0.2) is 74.9 Å². The van der Waals surface area contributed by atoms with Crippen molar-refractivity contribution in [3.63, 3.8) is 0 Å². The SMILES string of the molecule is Cc1ncco1.Cc1noc2c1-c1ccccc1C(c1ccc(B3OC(C)(C)C(C)(C)O3)cc1)=NC2. The Labute approximate surface area is 211 Å².